The Morgan fingerprint density at radius 1 is 1.37 bits per heavy atom. The minimum atomic E-state index is 0.213. The van der Waals surface area contributed by atoms with Crippen molar-refractivity contribution < 1.29 is 9.53 Å². The molecule has 1 aromatic heterocycles. The van der Waals surface area contributed by atoms with Crippen molar-refractivity contribution >= 4 is 5.78 Å². The highest BCUT2D eigenvalue weighted by atomic mass is 16.5. The number of aryl methyl sites for hydroxylation is 2. The summed E-state index contributed by atoms with van der Waals surface area (Å²) in [5.74, 6) is 1.67. The summed E-state index contributed by atoms with van der Waals surface area (Å²) in [7, 11) is 1.82. The molecule has 1 aliphatic carbocycles. The van der Waals surface area contributed by atoms with E-state index in [0.717, 1.165) is 29.8 Å². The number of Topliss-reactive ketones (excluding diaryl/α,β-unsaturated/α-hetero) is 1. The number of rotatable bonds is 3. The predicted molar refractivity (Wildman–Crippen MR) is 69.0 cm³/mol. The average molecular weight is 257 g/mol. The van der Waals surface area contributed by atoms with Crippen molar-refractivity contribution in [2.45, 2.75) is 25.9 Å². The van der Waals surface area contributed by atoms with Crippen LogP contribution in [0.15, 0.2) is 24.5 Å². The van der Waals surface area contributed by atoms with Crippen LogP contribution < -0.4 is 4.74 Å². The van der Waals surface area contributed by atoms with Gasteiger partial charge in [0.1, 0.15) is 18.7 Å². The van der Waals surface area contributed by atoms with E-state index in [1.54, 1.807) is 4.68 Å². The number of ketones is 1. The van der Waals surface area contributed by atoms with E-state index in [0.29, 0.717) is 18.8 Å². The zero-order valence-corrected chi connectivity index (χ0v) is 10.8. The van der Waals surface area contributed by atoms with Crippen molar-refractivity contribution in [3.63, 3.8) is 0 Å². The first-order valence-corrected chi connectivity index (χ1v) is 6.36. The Hall–Kier alpha value is -2.17. The summed E-state index contributed by atoms with van der Waals surface area (Å²) < 4.78 is 7.34. The van der Waals surface area contributed by atoms with Crippen LogP contribution in [0, 0.1) is 0 Å². The lowest BCUT2D eigenvalue weighted by Gasteiger charge is -2.15. The fourth-order valence-corrected chi connectivity index (χ4v) is 2.30. The van der Waals surface area contributed by atoms with Crippen molar-refractivity contribution in [1.82, 2.24) is 14.8 Å². The molecule has 98 valence electrons. The van der Waals surface area contributed by atoms with Gasteiger partial charge in [-0.15, -0.1) is 0 Å². The van der Waals surface area contributed by atoms with Crippen molar-refractivity contribution in [2.75, 3.05) is 0 Å². The number of aromatic nitrogens is 3. The quantitative estimate of drug-likeness (QED) is 0.842. The third-order valence-corrected chi connectivity index (χ3v) is 3.40. The van der Waals surface area contributed by atoms with Gasteiger partial charge in [0.2, 0.25) is 0 Å². The van der Waals surface area contributed by atoms with Gasteiger partial charge < -0.3 is 4.74 Å². The number of nitrogens with zero attached hydrogens (tertiary/aromatic N) is 3. The smallest absolute Gasteiger partial charge is 0.164 e. The summed E-state index contributed by atoms with van der Waals surface area (Å²) in [6.07, 6.45) is 4.06. The maximum atomic E-state index is 11.8. The normalized spacial score (nSPS) is 14.3. The molecule has 0 unspecified atom stereocenters. The maximum Gasteiger partial charge on any atom is 0.164 e. The van der Waals surface area contributed by atoms with Crippen LogP contribution in [0.25, 0.3) is 0 Å². The fourth-order valence-electron chi connectivity index (χ4n) is 2.30. The highest BCUT2D eigenvalue weighted by Gasteiger charge is 2.17. The van der Waals surface area contributed by atoms with Gasteiger partial charge in [-0.3, -0.25) is 9.48 Å². The van der Waals surface area contributed by atoms with E-state index >= 15 is 0 Å². The largest absolute Gasteiger partial charge is 0.486 e. The Morgan fingerprint density at radius 2 is 2.26 bits per heavy atom. The van der Waals surface area contributed by atoms with Gasteiger partial charge in [0.15, 0.2) is 11.6 Å². The van der Waals surface area contributed by atoms with E-state index < -0.39 is 0 Å². The number of carbonyl (C=O) groups excluding carboxylic acids is 1. The predicted octanol–water partition coefficient (Wildman–Crippen LogP) is 1.91. The highest BCUT2D eigenvalue weighted by molar-refractivity contribution is 5.98. The second-order valence-electron chi connectivity index (χ2n) is 4.68. The first-order chi connectivity index (χ1) is 9.24. The molecule has 0 radical (unpaired) electrons. The molecule has 5 heteroatoms. The molecule has 0 atom stereocenters. The van der Waals surface area contributed by atoms with Crippen LogP contribution in [0.4, 0.5) is 0 Å². The van der Waals surface area contributed by atoms with E-state index in [2.05, 4.69) is 10.1 Å². The molecular weight excluding hydrogens is 242 g/mol. The molecule has 0 N–H and O–H groups in total. The monoisotopic (exact) mass is 257 g/mol. The summed E-state index contributed by atoms with van der Waals surface area (Å²) in [4.78, 5) is 15.9. The molecule has 5 nitrogen and oxygen atoms in total. The van der Waals surface area contributed by atoms with Crippen LogP contribution in [0.2, 0.25) is 0 Å². The van der Waals surface area contributed by atoms with Crippen molar-refractivity contribution in [3.05, 3.63) is 41.5 Å². The van der Waals surface area contributed by atoms with Gasteiger partial charge in [0.25, 0.3) is 0 Å². The summed E-state index contributed by atoms with van der Waals surface area (Å²) >= 11 is 0. The average Bonchev–Trinajstić information content (AvgIpc) is 2.83. The van der Waals surface area contributed by atoms with E-state index in [9.17, 15) is 4.79 Å². The minimum absolute atomic E-state index is 0.213. The lowest BCUT2D eigenvalue weighted by atomic mass is 9.90. The second kappa shape index (κ2) is 4.84. The van der Waals surface area contributed by atoms with E-state index in [1.807, 2.05) is 25.2 Å². The third-order valence-electron chi connectivity index (χ3n) is 3.40. The van der Waals surface area contributed by atoms with Crippen LogP contribution in [0.5, 0.6) is 5.75 Å². The standard InChI is InChI=1S/C14H15N3O2/c1-17-14(15-9-16-17)8-19-11-6-5-10-3-2-4-13(18)12(10)7-11/h5-7,9H,2-4,8H2,1H3. The molecule has 2 aromatic rings. The van der Waals surface area contributed by atoms with Crippen LogP contribution in [-0.2, 0) is 20.1 Å². The number of ether oxygens (including phenoxy) is 1. The Kier molecular flexibility index (Phi) is 3.03. The van der Waals surface area contributed by atoms with E-state index in [4.69, 9.17) is 4.74 Å². The number of hydrogen-bond acceptors (Lipinski definition) is 4. The van der Waals surface area contributed by atoms with Gasteiger partial charge in [0, 0.05) is 19.0 Å². The molecule has 0 aliphatic heterocycles. The Bertz CT molecular complexity index is 619. The van der Waals surface area contributed by atoms with Gasteiger partial charge in [-0.25, -0.2) is 4.98 Å². The Balaban J connectivity index is 1.77. The van der Waals surface area contributed by atoms with Crippen LogP contribution in [0.1, 0.15) is 34.6 Å². The third kappa shape index (κ3) is 2.36. The molecule has 1 aromatic carbocycles. The van der Waals surface area contributed by atoms with Crippen molar-refractivity contribution in [1.29, 1.82) is 0 Å². The molecule has 0 spiro atoms. The van der Waals surface area contributed by atoms with Gasteiger partial charge in [0.05, 0.1) is 0 Å². The minimum Gasteiger partial charge on any atom is -0.486 e. The second-order valence-corrected chi connectivity index (χ2v) is 4.68. The number of fused-ring (bicyclic) bond motifs is 1. The van der Waals surface area contributed by atoms with Gasteiger partial charge in [-0.2, -0.15) is 5.10 Å². The van der Waals surface area contributed by atoms with Gasteiger partial charge >= 0.3 is 0 Å². The lowest BCUT2D eigenvalue weighted by molar-refractivity contribution is 0.0972. The number of benzene rings is 1. The molecular formula is C14H15N3O2. The van der Waals surface area contributed by atoms with Crippen LogP contribution >= 0.6 is 0 Å². The van der Waals surface area contributed by atoms with E-state index in [-0.39, 0.29) is 5.78 Å². The Labute approximate surface area is 111 Å². The first kappa shape index (κ1) is 11.9. The number of carbonyl (C=O) groups is 1. The molecule has 0 amide bonds. The first-order valence-electron chi connectivity index (χ1n) is 6.36. The topological polar surface area (TPSA) is 57.0 Å². The maximum absolute atomic E-state index is 11.8. The molecule has 0 bridgehead atoms. The lowest BCUT2D eigenvalue weighted by Crippen LogP contribution is -2.11. The van der Waals surface area contributed by atoms with E-state index in [1.165, 1.54) is 6.33 Å². The molecule has 3 rings (SSSR count). The Morgan fingerprint density at radius 3 is 3.05 bits per heavy atom. The molecule has 1 aliphatic rings. The van der Waals surface area contributed by atoms with Crippen molar-refractivity contribution in [2.24, 2.45) is 7.05 Å². The summed E-state index contributed by atoms with van der Waals surface area (Å²) in [6, 6.07) is 5.74. The molecule has 0 saturated heterocycles. The summed E-state index contributed by atoms with van der Waals surface area (Å²) in [6.45, 7) is 0.351. The zero-order chi connectivity index (χ0) is 13.2. The molecule has 0 saturated carbocycles. The SMILES string of the molecule is Cn1ncnc1COc1ccc2c(c1)C(=O)CCC2. The number of hydrogen-bond donors (Lipinski definition) is 0. The summed E-state index contributed by atoms with van der Waals surface area (Å²) in [5.41, 5.74) is 1.93. The fraction of sp³-hybridized carbons (Fsp3) is 0.357. The van der Waals surface area contributed by atoms with Crippen LogP contribution in [-0.4, -0.2) is 20.5 Å². The molecule has 0 fully saturated rings. The van der Waals surface area contributed by atoms with Gasteiger partial charge in [-0.05, 0) is 30.5 Å². The molecule has 19 heavy (non-hydrogen) atoms. The summed E-state index contributed by atoms with van der Waals surface area (Å²) in [5, 5.41) is 3.98. The highest BCUT2D eigenvalue weighted by Crippen LogP contribution is 2.25. The van der Waals surface area contributed by atoms with Gasteiger partial charge in [-0.1, -0.05) is 6.07 Å². The molecule has 1 heterocycles. The van der Waals surface area contributed by atoms with Crippen molar-refractivity contribution in [3.8, 4) is 5.75 Å². The van der Waals surface area contributed by atoms with Crippen LogP contribution in [0.3, 0.4) is 0 Å². The zero-order valence-electron chi connectivity index (χ0n) is 10.8.